The average Bonchev–Trinajstić information content (AvgIpc) is 3.18. The largest absolute Gasteiger partial charge is 0.370 e. The Kier molecular flexibility index (Phi) is 6.11. The quantitative estimate of drug-likeness (QED) is 0.653. The Hall–Kier alpha value is -2.54. The molecule has 1 aliphatic heterocycles. The molecule has 1 N–H and O–H groups in total. The minimum absolute atomic E-state index is 0.0319. The number of thiazole rings is 1. The molecule has 28 heavy (non-hydrogen) atoms. The number of anilines is 1. The molecule has 0 unspecified atom stereocenters. The Bertz CT molecular complexity index is 916. The van der Waals surface area contributed by atoms with E-state index in [4.69, 9.17) is 9.72 Å². The molecule has 3 aromatic rings. The van der Waals surface area contributed by atoms with Gasteiger partial charge < -0.3 is 9.64 Å². The van der Waals surface area contributed by atoms with Crippen LogP contribution in [0.25, 0.3) is 16.3 Å². The third-order valence-electron chi connectivity index (χ3n) is 4.89. The molecule has 6 heteroatoms. The van der Waals surface area contributed by atoms with Crippen molar-refractivity contribution in [2.45, 2.75) is 0 Å². The van der Waals surface area contributed by atoms with Gasteiger partial charge >= 0.3 is 0 Å². The van der Waals surface area contributed by atoms with Crippen LogP contribution in [0.4, 0.5) is 5.13 Å². The topological polar surface area (TPSA) is 46.9 Å². The van der Waals surface area contributed by atoms with Crippen molar-refractivity contribution in [1.82, 2.24) is 4.98 Å². The Morgan fingerprint density at radius 2 is 1.86 bits per heavy atom. The normalized spacial score (nSPS) is 15.3. The van der Waals surface area contributed by atoms with Crippen molar-refractivity contribution in [1.29, 1.82) is 0 Å². The fraction of sp³-hybridized carbons (Fsp3) is 0.273. The van der Waals surface area contributed by atoms with Crippen molar-refractivity contribution in [3.05, 3.63) is 66.2 Å². The van der Waals surface area contributed by atoms with Gasteiger partial charge in [-0.1, -0.05) is 53.8 Å². The van der Waals surface area contributed by atoms with Crippen molar-refractivity contribution < 1.29 is 14.4 Å². The zero-order valence-electron chi connectivity index (χ0n) is 15.7. The number of nitrogens with zero attached hydrogens (tertiary/aromatic N) is 2. The molecule has 0 saturated carbocycles. The lowest BCUT2D eigenvalue weighted by Crippen LogP contribution is -3.14. The summed E-state index contributed by atoms with van der Waals surface area (Å²) in [7, 11) is 0. The van der Waals surface area contributed by atoms with Gasteiger partial charge in [-0.25, -0.2) is 4.98 Å². The number of aromatic nitrogens is 1. The number of hydrogen-bond acceptors (Lipinski definition) is 4. The number of quaternary nitrogens is 1. The summed E-state index contributed by atoms with van der Waals surface area (Å²) in [4.78, 5) is 21.0. The maximum Gasteiger partial charge on any atom is 0.252 e. The highest BCUT2D eigenvalue weighted by Gasteiger charge is 2.21. The van der Waals surface area contributed by atoms with E-state index in [0.29, 0.717) is 6.54 Å². The molecule has 1 aromatic heterocycles. The summed E-state index contributed by atoms with van der Waals surface area (Å²) in [5.41, 5.74) is 1.95. The van der Waals surface area contributed by atoms with Gasteiger partial charge in [0.1, 0.15) is 13.1 Å². The highest BCUT2D eigenvalue weighted by atomic mass is 32.1. The van der Waals surface area contributed by atoms with Crippen LogP contribution in [0.1, 0.15) is 5.56 Å². The number of para-hydroxylation sites is 1. The standard InChI is InChI=1S/C22H23N3O2S/c26-21(11-10-18-6-2-1-3-7-18)25(13-12-24-14-16-27-17-15-24)22-23-19-8-4-5-9-20(19)28-22/h1-11H,12-17H2/p+1/b11-10+. The Labute approximate surface area is 168 Å². The molecular formula is C22H24N3O2S+. The van der Waals surface area contributed by atoms with Crippen LogP contribution in [-0.2, 0) is 9.53 Å². The van der Waals surface area contributed by atoms with Crippen LogP contribution < -0.4 is 9.80 Å². The van der Waals surface area contributed by atoms with Gasteiger partial charge in [0.05, 0.1) is 36.5 Å². The zero-order chi connectivity index (χ0) is 19.2. The molecule has 0 radical (unpaired) electrons. The van der Waals surface area contributed by atoms with Crippen molar-refractivity contribution >= 4 is 38.7 Å². The van der Waals surface area contributed by atoms with E-state index in [1.807, 2.05) is 65.6 Å². The Balaban J connectivity index is 1.54. The predicted octanol–water partition coefficient (Wildman–Crippen LogP) is 2.26. The minimum atomic E-state index is -0.0319. The lowest BCUT2D eigenvalue weighted by molar-refractivity contribution is -0.906. The number of nitrogens with one attached hydrogen (secondary N) is 1. The molecular weight excluding hydrogens is 370 g/mol. The number of carbonyl (C=O) groups excluding carboxylic acids is 1. The summed E-state index contributed by atoms with van der Waals surface area (Å²) in [6.45, 7) is 5.09. The van der Waals surface area contributed by atoms with Crippen molar-refractivity contribution in [3.8, 4) is 0 Å². The predicted molar refractivity (Wildman–Crippen MR) is 114 cm³/mol. The second-order valence-electron chi connectivity index (χ2n) is 6.81. The van der Waals surface area contributed by atoms with E-state index in [0.717, 1.165) is 53.8 Å². The summed E-state index contributed by atoms with van der Waals surface area (Å²) in [6.07, 6.45) is 3.51. The van der Waals surface area contributed by atoms with E-state index >= 15 is 0 Å². The summed E-state index contributed by atoms with van der Waals surface area (Å²) in [5.74, 6) is -0.0319. The highest BCUT2D eigenvalue weighted by molar-refractivity contribution is 7.22. The molecule has 1 saturated heterocycles. The highest BCUT2D eigenvalue weighted by Crippen LogP contribution is 2.28. The smallest absolute Gasteiger partial charge is 0.252 e. The van der Waals surface area contributed by atoms with E-state index in [1.165, 1.54) is 4.90 Å². The zero-order valence-corrected chi connectivity index (χ0v) is 16.5. The van der Waals surface area contributed by atoms with Crippen molar-refractivity contribution in [2.75, 3.05) is 44.3 Å². The Morgan fingerprint density at radius 3 is 2.64 bits per heavy atom. The van der Waals surface area contributed by atoms with Gasteiger partial charge in [0, 0.05) is 6.08 Å². The van der Waals surface area contributed by atoms with Gasteiger partial charge in [-0.05, 0) is 23.8 Å². The Morgan fingerprint density at radius 1 is 1.11 bits per heavy atom. The van der Waals surface area contributed by atoms with Crippen molar-refractivity contribution in [2.24, 2.45) is 0 Å². The van der Waals surface area contributed by atoms with Crippen LogP contribution in [-0.4, -0.2) is 50.3 Å². The van der Waals surface area contributed by atoms with Gasteiger partial charge in [0.15, 0.2) is 5.13 Å². The van der Waals surface area contributed by atoms with Gasteiger partial charge in [-0.2, -0.15) is 0 Å². The maximum atomic E-state index is 13.0. The number of benzene rings is 2. The lowest BCUT2D eigenvalue weighted by atomic mass is 10.2. The molecule has 0 bridgehead atoms. The molecule has 5 nitrogen and oxygen atoms in total. The van der Waals surface area contributed by atoms with Crippen molar-refractivity contribution in [3.63, 3.8) is 0 Å². The third-order valence-corrected chi connectivity index (χ3v) is 5.95. The maximum absolute atomic E-state index is 13.0. The number of ether oxygens (including phenoxy) is 1. The molecule has 4 rings (SSSR count). The number of morpholine rings is 1. The second kappa shape index (κ2) is 9.10. The van der Waals surface area contributed by atoms with Crippen LogP contribution in [0, 0.1) is 0 Å². The van der Waals surface area contributed by atoms with E-state index in [2.05, 4.69) is 0 Å². The van der Waals surface area contributed by atoms with E-state index < -0.39 is 0 Å². The minimum Gasteiger partial charge on any atom is -0.370 e. The molecule has 1 aliphatic rings. The molecule has 0 atom stereocenters. The number of hydrogen-bond donors (Lipinski definition) is 1. The molecule has 144 valence electrons. The summed E-state index contributed by atoms with van der Waals surface area (Å²) < 4.78 is 6.54. The molecule has 2 heterocycles. The number of fused-ring (bicyclic) bond motifs is 1. The summed E-state index contributed by atoms with van der Waals surface area (Å²) in [5, 5.41) is 0.761. The fourth-order valence-electron chi connectivity index (χ4n) is 3.28. The first-order chi connectivity index (χ1) is 13.8. The molecule has 1 amide bonds. The molecule has 0 aliphatic carbocycles. The van der Waals surface area contributed by atoms with Gasteiger partial charge in [0.2, 0.25) is 0 Å². The van der Waals surface area contributed by atoms with E-state index in [1.54, 1.807) is 17.4 Å². The van der Waals surface area contributed by atoms with Crippen LogP contribution in [0.2, 0.25) is 0 Å². The fourth-order valence-corrected chi connectivity index (χ4v) is 4.27. The number of amides is 1. The first-order valence-electron chi connectivity index (χ1n) is 9.61. The summed E-state index contributed by atoms with van der Waals surface area (Å²) >= 11 is 1.57. The van der Waals surface area contributed by atoms with Crippen LogP contribution in [0.5, 0.6) is 0 Å². The second-order valence-corrected chi connectivity index (χ2v) is 7.82. The van der Waals surface area contributed by atoms with E-state index in [9.17, 15) is 4.79 Å². The molecule has 0 spiro atoms. The SMILES string of the molecule is O=C(/C=C/c1ccccc1)N(CC[NH+]1CCOCC1)c1nc2ccccc2s1. The number of rotatable bonds is 6. The summed E-state index contributed by atoms with van der Waals surface area (Å²) in [6, 6.07) is 17.9. The van der Waals surface area contributed by atoms with Gasteiger partial charge in [0.25, 0.3) is 5.91 Å². The first kappa shape index (κ1) is 18.8. The average molecular weight is 395 g/mol. The number of carbonyl (C=O) groups is 1. The first-order valence-corrected chi connectivity index (χ1v) is 10.4. The van der Waals surface area contributed by atoms with Crippen LogP contribution >= 0.6 is 11.3 Å². The van der Waals surface area contributed by atoms with E-state index in [-0.39, 0.29) is 5.91 Å². The van der Waals surface area contributed by atoms with Gasteiger partial charge in [-0.3, -0.25) is 9.69 Å². The lowest BCUT2D eigenvalue weighted by Gasteiger charge is -2.26. The van der Waals surface area contributed by atoms with Crippen LogP contribution in [0.15, 0.2) is 60.7 Å². The third kappa shape index (κ3) is 4.65. The van der Waals surface area contributed by atoms with Crippen LogP contribution in [0.3, 0.4) is 0 Å². The molecule has 2 aromatic carbocycles. The monoisotopic (exact) mass is 394 g/mol. The molecule has 1 fully saturated rings. The van der Waals surface area contributed by atoms with Gasteiger partial charge in [-0.15, -0.1) is 0 Å².